The van der Waals surface area contributed by atoms with Gasteiger partial charge in [0.1, 0.15) is 5.82 Å². The van der Waals surface area contributed by atoms with E-state index in [0.29, 0.717) is 24.3 Å². The molecule has 0 radical (unpaired) electrons. The van der Waals surface area contributed by atoms with E-state index >= 15 is 0 Å². The standard InChI is InChI=1S/C16H14N4O.C9H10N2/c21-16(8-12-4-2-1-3-5-12)20-15-7-6-13(9-17-15)14-10-18-19-11-14;10-6-5-8-1-3-9(7-11)4-2-8/h1-7,9-11H,8H2,(H,18,19)(H,17,20,21);1-4H,5-6,10H2. The number of nitrogens with zero attached hydrogens (tertiary/aromatic N) is 3. The van der Waals surface area contributed by atoms with Crippen molar-refractivity contribution in [1.82, 2.24) is 15.2 Å². The first kappa shape index (κ1) is 22.4. The Morgan fingerprint density at radius 3 is 2.34 bits per heavy atom. The van der Waals surface area contributed by atoms with Gasteiger partial charge >= 0.3 is 0 Å². The molecule has 4 N–H and O–H groups in total. The summed E-state index contributed by atoms with van der Waals surface area (Å²) in [6, 6.07) is 22.9. The Morgan fingerprint density at radius 1 is 0.969 bits per heavy atom. The van der Waals surface area contributed by atoms with Crippen LogP contribution in [0.25, 0.3) is 11.1 Å². The second-order valence-corrected chi connectivity index (χ2v) is 6.98. The number of benzene rings is 2. The van der Waals surface area contributed by atoms with Gasteiger partial charge in [-0.3, -0.25) is 9.89 Å². The van der Waals surface area contributed by atoms with Crippen molar-refractivity contribution < 1.29 is 4.79 Å². The number of nitrogens with two attached hydrogens (primary N) is 1. The fraction of sp³-hybridized carbons (Fsp3) is 0.120. The van der Waals surface area contributed by atoms with E-state index in [-0.39, 0.29) is 5.91 Å². The van der Waals surface area contributed by atoms with Gasteiger partial charge in [0.25, 0.3) is 0 Å². The zero-order chi connectivity index (χ0) is 22.6. The van der Waals surface area contributed by atoms with Crippen molar-refractivity contribution in [1.29, 1.82) is 5.26 Å². The molecule has 0 aliphatic rings. The molecule has 2 heterocycles. The Bertz CT molecular complexity index is 1130. The minimum atomic E-state index is -0.0789. The van der Waals surface area contributed by atoms with Crippen molar-refractivity contribution in [2.24, 2.45) is 5.73 Å². The topological polar surface area (TPSA) is 120 Å². The van der Waals surface area contributed by atoms with Gasteiger partial charge in [0.05, 0.1) is 24.3 Å². The molecule has 160 valence electrons. The van der Waals surface area contributed by atoms with Crippen LogP contribution in [0.4, 0.5) is 5.82 Å². The smallest absolute Gasteiger partial charge is 0.229 e. The summed E-state index contributed by atoms with van der Waals surface area (Å²) in [7, 11) is 0. The van der Waals surface area contributed by atoms with Gasteiger partial charge in [-0.25, -0.2) is 4.98 Å². The summed E-state index contributed by atoms with van der Waals surface area (Å²) >= 11 is 0. The molecule has 0 aliphatic carbocycles. The molecule has 0 fully saturated rings. The van der Waals surface area contributed by atoms with Crippen LogP contribution in [-0.2, 0) is 17.6 Å². The Morgan fingerprint density at radius 2 is 1.75 bits per heavy atom. The van der Waals surface area contributed by atoms with Gasteiger partial charge in [0.15, 0.2) is 0 Å². The molecule has 7 heteroatoms. The Labute approximate surface area is 186 Å². The van der Waals surface area contributed by atoms with Gasteiger partial charge in [0, 0.05) is 23.5 Å². The van der Waals surface area contributed by atoms with Gasteiger partial charge < -0.3 is 11.1 Å². The van der Waals surface area contributed by atoms with Crippen LogP contribution < -0.4 is 11.1 Å². The molecule has 0 saturated heterocycles. The molecule has 4 rings (SSSR count). The first-order valence-electron chi connectivity index (χ1n) is 10.2. The second kappa shape index (κ2) is 11.8. The van der Waals surface area contributed by atoms with Crippen molar-refractivity contribution in [2.75, 3.05) is 11.9 Å². The van der Waals surface area contributed by atoms with Crippen LogP contribution in [0.2, 0.25) is 0 Å². The number of rotatable bonds is 6. The number of aromatic amines is 1. The lowest BCUT2D eigenvalue weighted by atomic mass is 10.1. The van der Waals surface area contributed by atoms with E-state index in [4.69, 9.17) is 11.0 Å². The average molecular weight is 425 g/mol. The van der Waals surface area contributed by atoms with Gasteiger partial charge in [0.2, 0.25) is 5.91 Å². The number of nitrogens with one attached hydrogen (secondary N) is 2. The maximum absolute atomic E-state index is 11.9. The highest BCUT2D eigenvalue weighted by molar-refractivity contribution is 5.91. The van der Waals surface area contributed by atoms with E-state index in [2.05, 4.69) is 26.6 Å². The normalized spacial score (nSPS) is 9.88. The lowest BCUT2D eigenvalue weighted by Crippen LogP contribution is -2.15. The highest BCUT2D eigenvalue weighted by Crippen LogP contribution is 2.17. The maximum Gasteiger partial charge on any atom is 0.229 e. The lowest BCUT2D eigenvalue weighted by Gasteiger charge is -2.05. The highest BCUT2D eigenvalue weighted by Gasteiger charge is 2.05. The van der Waals surface area contributed by atoms with Crippen LogP contribution in [0.3, 0.4) is 0 Å². The summed E-state index contributed by atoms with van der Waals surface area (Å²) < 4.78 is 0. The molecule has 0 saturated carbocycles. The fourth-order valence-electron chi connectivity index (χ4n) is 2.93. The molecule has 2 aromatic heterocycles. The van der Waals surface area contributed by atoms with Gasteiger partial charge in [-0.15, -0.1) is 0 Å². The number of amides is 1. The molecule has 4 aromatic rings. The Balaban J connectivity index is 0.000000222. The molecule has 0 atom stereocenters. The fourth-order valence-corrected chi connectivity index (χ4v) is 2.93. The molecular formula is C25H24N6O. The third kappa shape index (κ3) is 6.90. The van der Waals surface area contributed by atoms with Crippen LogP contribution >= 0.6 is 0 Å². The molecular weight excluding hydrogens is 400 g/mol. The number of anilines is 1. The van der Waals surface area contributed by atoms with Crippen LogP contribution in [0.15, 0.2) is 85.3 Å². The molecule has 32 heavy (non-hydrogen) atoms. The summed E-state index contributed by atoms with van der Waals surface area (Å²) in [5.41, 5.74) is 10.1. The number of carbonyl (C=O) groups excluding carboxylic acids is 1. The molecule has 2 aromatic carbocycles. The van der Waals surface area contributed by atoms with Gasteiger partial charge in [-0.05, 0) is 48.4 Å². The molecule has 0 spiro atoms. The third-order valence-corrected chi connectivity index (χ3v) is 4.59. The molecule has 1 amide bonds. The first-order chi connectivity index (χ1) is 15.7. The summed E-state index contributed by atoms with van der Waals surface area (Å²) in [4.78, 5) is 16.2. The predicted octanol–water partition coefficient (Wildman–Crippen LogP) is 3.71. The number of aromatic nitrogens is 3. The van der Waals surface area contributed by atoms with Gasteiger partial charge in [-0.1, -0.05) is 42.5 Å². The van der Waals surface area contributed by atoms with E-state index in [1.165, 1.54) is 5.56 Å². The van der Waals surface area contributed by atoms with E-state index < -0.39 is 0 Å². The van der Waals surface area contributed by atoms with Gasteiger partial charge in [-0.2, -0.15) is 10.4 Å². The largest absolute Gasteiger partial charge is 0.330 e. The van der Waals surface area contributed by atoms with Crippen LogP contribution in [0, 0.1) is 11.3 Å². The van der Waals surface area contributed by atoms with Crippen molar-refractivity contribution in [3.05, 3.63) is 102 Å². The monoisotopic (exact) mass is 424 g/mol. The minimum absolute atomic E-state index is 0.0789. The van der Waals surface area contributed by atoms with E-state index in [1.807, 2.05) is 60.7 Å². The predicted molar refractivity (Wildman–Crippen MR) is 125 cm³/mol. The Hall–Kier alpha value is -4.28. The quantitative estimate of drug-likeness (QED) is 0.436. The summed E-state index contributed by atoms with van der Waals surface area (Å²) in [6.07, 6.45) is 6.45. The third-order valence-electron chi connectivity index (χ3n) is 4.59. The van der Waals surface area contributed by atoms with E-state index in [1.54, 1.807) is 24.7 Å². The lowest BCUT2D eigenvalue weighted by molar-refractivity contribution is -0.115. The molecule has 0 aliphatic heterocycles. The maximum atomic E-state index is 11.9. The number of nitriles is 1. The molecule has 7 nitrogen and oxygen atoms in total. The molecule has 0 bridgehead atoms. The zero-order valence-corrected chi connectivity index (χ0v) is 17.5. The van der Waals surface area contributed by atoms with Crippen LogP contribution in [0.1, 0.15) is 16.7 Å². The van der Waals surface area contributed by atoms with Crippen molar-refractivity contribution in [3.8, 4) is 17.2 Å². The van der Waals surface area contributed by atoms with Crippen molar-refractivity contribution in [3.63, 3.8) is 0 Å². The average Bonchev–Trinajstić information content (AvgIpc) is 3.36. The number of hydrogen-bond acceptors (Lipinski definition) is 5. The summed E-state index contributed by atoms with van der Waals surface area (Å²) in [6.45, 7) is 0.659. The number of carbonyl (C=O) groups is 1. The zero-order valence-electron chi connectivity index (χ0n) is 17.5. The Kier molecular flexibility index (Phi) is 8.26. The SMILES string of the molecule is N#Cc1ccc(CCN)cc1.O=C(Cc1ccccc1)Nc1ccc(-c2cn[nH]c2)cn1. The van der Waals surface area contributed by atoms with E-state index in [9.17, 15) is 4.79 Å². The van der Waals surface area contributed by atoms with Crippen molar-refractivity contribution >= 4 is 11.7 Å². The van der Waals surface area contributed by atoms with Crippen LogP contribution in [-0.4, -0.2) is 27.6 Å². The highest BCUT2D eigenvalue weighted by atomic mass is 16.1. The first-order valence-corrected chi connectivity index (χ1v) is 10.2. The number of hydrogen-bond donors (Lipinski definition) is 3. The second-order valence-electron chi connectivity index (χ2n) is 6.98. The molecule has 0 unspecified atom stereocenters. The van der Waals surface area contributed by atoms with Crippen LogP contribution in [0.5, 0.6) is 0 Å². The number of pyridine rings is 1. The summed E-state index contributed by atoms with van der Waals surface area (Å²) in [5.74, 6) is 0.466. The minimum Gasteiger partial charge on any atom is -0.330 e. The van der Waals surface area contributed by atoms with E-state index in [0.717, 1.165) is 23.1 Å². The summed E-state index contributed by atoms with van der Waals surface area (Å²) in [5, 5.41) is 17.9. The number of H-pyrrole nitrogens is 1. The van der Waals surface area contributed by atoms with Crippen molar-refractivity contribution in [2.45, 2.75) is 12.8 Å².